The summed E-state index contributed by atoms with van der Waals surface area (Å²) in [5, 5.41) is 7.45. The highest BCUT2D eigenvalue weighted by Gasteiger charge is 2.24. The van der Waals surface area contributed by atoms with Crippen LogP contribution in [-0.4, -0.2) is 29.8 Å². The third-order valence-corrected chi connectivity index (χ3v) is 4.09. The topological polar surface area (TPSA) is 69.4 Å². The fourth-order valence-corrected chi connectivity index (χ4v) is 2.87. The van der Waals surface area contributed by atoms with Crippen LogP contribution in [0.4, 0.5) is 0 Å². The SMILES string of the molecule is COc1cccc(COCc2noc([C@H]3CCN[C@@H](C)C3)n2)c1.Cl. The number of methoxy groups -OCH3 is 1. The highest BCUT2D eigenvalue weighted by atomic mass is 35.5. The largest absolute Gasteiger partial charge is 0.497 e. The number of nitrogens with one attached hydrogen (secondary N) is 1. The van der Waals surface area contributed by atoms with Crippen LogP contribution >= 0.6 is 12.4 Å². The van der Waals surface area contributed by atoms with Crippen molar-refractivity contribution in [2.75, 3.05) is 13.7 Å². The number of nitrogens with zero attached hydrogens (tertiary/aromatic N) is 2. The molecule has 0 amide bonds. The molecule has 2 atom stereocenters. The fraction of sp³-hybridized carbons (Fsp3) is 0.529. The number of hydrogen-bond donors (Lipinski definition) is 1. The number of ether oxygens (including phenoxy) is 2. The van der Waals surface area contributed by atoms with E-state index in [1.807, 2.05) is 24.3 Å². The minimum atomic E-state index is 0. The van der Waals surface area contributed by atoms with Crippen molar-refractivity contribution in [3.63, 3.8) is 0 Å². The molecule has 0 saturated carbocycles. The predicted octanol–water partition coefficient (Wildman–Crippen LogP) is 3.07. The molecule has 1 aliphatic heterocycles. The molecule has 7 heteroatoms. The average Bonchev–Trinajstić information content (AvgIpc) is 3.04. The first-order chi connectivity index (χ1) is 11.2. The molecule has 24 heavy (non-hydrogen) atoms. The normalized spacial score (nSPS) is 20.4. The summed E-state index contributed by atoms with van der Waals surface area (Å²) in [6, 6.07) is 8.31. The van der Waals surface area contributed by atoms with Crippen LogP contribution in [0.3, 0.4) is 0 Å². The van der Waals surface area contributed by atoms with Crippen molar-refractivity contribution in [2.45, 2.75) is 44.9 Å². The number of rotatable bonds is 6. The van der Waals surface area contributed by atoms with Gasteiger partial charge in [-0.05, 0) is 44.0 Å². The van der Waals surface area contributed by atoms with Gasteiger partial charge in [0.05, 0.1) is 13.7 Å². The Morgan fingerprint density at radius 1 is 1.33 bits per heavy atom. The summed E-state index contributed by atoms with van der Waals surface area (Å²) < 4.78 is 16.3. The van der Waals surface area contributed by atoms with Crippen molar-refractivity contribution in [2.24, 2.45) is 0 Å². The summed E-state index contributed by atoms with van der Waals surface area (Å²) >= 11 is 0. The van der Waals surface area contributed by atoms with Gasteiger partial charge in [0.1, 0.15) is 12.4 Å². The van der Waals surface area contributed by atoms with Gasteiger partial charge in [0.25, 0.3) is 0 Å². The number of halogens is 1. The van der Waals surface area contributed by atoms with E-state index in [2.05, 4.69) is 22.4 Å². The maximum absolute atomic E-state index is 5.67. The van der Waals surface area contributed by atoms with Crippen molar-refractivity contribution < 1.29 is 14.0 Å². The monoisotopic (exact) mass is 353 g/mol. The molecule has 1 N–H and O–H groups in total. The standard InChI is InChI=1S/C17H23N3O3.ClH/c1-12-8-14(6-7-18-12)17-19-16(20-23-17)11-22-10-13-4-3-5-15(9-13)21-2;/h3-5,9,12,14,18H,6-8,10-11H2,1-2H3;1H/t12-,14-;/m0./s1. The van der Waals surface area contributed by atoms with E-state index in [0.717, 1.165) is 36.6 Å². The molecule has 2 heterocycles. The Hall–Kier alpha value is -1.63. The first-order valence-electron chi connectivity index (χ1n) is 8.01. The van der Waals surface area contributed by atoms with Crippen LogP contribution in [0.5, 0.6) is 5.75 Å². The number of aromatic nitrogens is 2. The quantitative estimate of drug-likeness (QED) is 0.860. The van der Waals surface area contributed by atoms with Gasteiger partial charge in [0.15, 0.2) is 5.82 Å². The first-order valence-corrected chi connectivity index (χ1v) is 8.01. The minimum absolute atomic E-state index is 0. The number of piperidine rings is 1. The molecule has 1 aromatic heterocycles. The van der Waals surface area contributed by atoms with E-state index in [0.29, 0.717) is 31.0 Å². The van der Waals surface area contributed by atoms with Crippen molar-refractivity contribution in [3.8, 4) is 5.75 Å². The maximum atomic E-state index is 5.67. The lowest BCUT2D eigenvalue weighted by Gasteiger charge is -2.25. The molecule has 0 spiro atoms. The van der Waals surface area contributed by atoms with Crippen molar-refractivity contribution >= 4 is 12.4 Å². The molecule has 3 rings (SSSR count). The Morgan fingerprint density at radius 3 is 3.00 bits per heavy atom. The Balaban J connectivity index is 0.00000208. The summed E-state index contributed by atoms with van der Waals surface area (Å²) in [5.74, 6) is 2.52. The van der Waals surface area contributed by atoms with E-state index in [4.69, 9.17) is 14.0 Å². The lowest BCUT2D eigenvalue weighted by molar-refractivity contribution is 0.0998. The fourth-order valence-electron chi connectivity index (χ4n) is 2.87. The third-order valence-electron chi connectivity index (χ3n) is 4.09. The summed E-state index contributed by atoms with van der Waals surface area (Å²) in [4.78, 5) is 4.48. The van der Waals surface area contributed by atoms with Crippen LogP contribution in [0, 0.1) is 0 Å². The number of benzene rings is 1. The summed E-state index contributed by atoms with van der Waals surface area (Å²) in [6.45, 7) is 4.02. The highest BCUT2D eigenvalue weighted by Crippen LogP contribution is 2.26. The second-order valence-corrected chi connectivity index (χ2v) is 5.97. The molecule has 0 aliphatic carbocycles. The highest BCUT2D eigenvalue weighted by molar-refractivity contribution is 5.85. The smallest absolute Gasteiger partial charge is 0.229 e. The first kappa shape index (κ1) is 18.7. The molecular weight excluding hydrogens is 330 g/mol. The van der Waals surface area contributed by atoms with Crippen molar-refractivity contribution in [1.82, 2.24) is 15.5 Å². The van der Waals surface area contributed by atoms with E-state index in [1.54, 1.807) is 7.11 Å². The van der Waals surface area contributed by atoms with Crippen LogP contribution in [0.25, 0.3) is 0 Å². The van der Waals surface area contributed by atoms with Gasteiger partial charge >= 0.3 is 0 Å². The molecule has 2 aromatic rings. The predicted molar refractivity (Wildman–Crippen MR) is 92.5 cm³/mol. The molecule has 0 unspecified atom stereocenters. The van der Waals surface area contributed by atoms with E-state index in [9.17, 15) is 0 Å². The van der Waals surface area contributed by atoms with Gasteiger partial charge in [-0.25, -0.2) is 0 Å². The van der Waals surface area contributed by atoms with Crippen molar-refractivity contribution in [3.05, 3.63) is 41.5 Å². The van der Waals surface area contributed by atoms with Crippen LogP contribution in [0.1, 0.15) is 43.0 Å². The molecular formula is C17H24ClN3O3. The van der Waals surface area contributed by atoms with Gasteiger partial charge in [-0.1, -0.05) is 17.3 Å². The molecule has 1 fully saturated rings. The van der Waals surface area contributed by atoms with Crippen LogP contribution in [-0.2, 0) is 18.0 Å². The zero-order chi connectivity index (χ0) is 16.1. The van der Waals surface area contributed by atoms with Gasteiger partial charge in [0, 0.05) is 12.0 Å². The summed E-state index contributed by atoms with van der Waals surface area (Å²) in [5.41, 5.74) is 1.06. The summed E-state index contributed by atoms with van der Waals surface area (Å²) in [6.07, 6.45) is 2.07. The molecule has 1 aliphatic rings. The third kappa shape index (κ3) is 4.93. The Labute approximate surface area is 148 Å². The second-order valence-electron chi connectivity index (χ2n) is 5.97. The molecule has 6 nitrogen and oxygen atoms in total. The number of hydrogen-bond acceptors (Lipinski definition) is 6. The Bertz CT molecular complexity index is 635. The average molecular weight is 354 g/mol. The summed E-state index contributed by atoms with van der Waals surface area (Å²) in [7, 11) is 1.66. The van der Waals surface area contributed by atoms with Crippen LogP contribution in [0.2, 0.25) is 0 Å². The van der Waals surface area contributed by atoms with Gasteiger partial charge in [-0.2, -0.15) is 4.98 Å². The molecule has 1 aromatic carbocycles. The molecule has 132 valence electrons. The second kappa shape index (κ2) is 9.01. The lowest BCUT2D eigenvalue weighted by Crippen LogP contribution is -2.34. The maximum Gasteiger partial charge on any atom is 0.229 e. The molecule has 0 bridgehead atoms. The van der Waals surface area contributed by atoms with Gasteiger partial charge in [0.2, 0.25) is 5.89 Å². The van der Waals surface area contributed by atoms with E-state index in [1.165, 1.54) is 0 Å². The lowest BCUT2D eigenvalue weighted by atomic mass is 9.93. The van der Waals surface area contributed by atoms with E-state index < -0.39 is 0 Å². The van der Waals surface area contributed by atoms with Crippen LogP contribution < -0.4 is 10.1 Å². The molecule has 1 saturated heterocycles. The van der Waals surface area contributed by atoms with Crippen molar-refractivity contribution in [1.29, 1.82) is 0 Å². The minimum Gasteiger partial charge on any atom is -0.497 e. The van der Waals surface area contributed by atoms with Crippen LogP contribution in [0.15, 0.2) is 28.8 Å². The Morgan fingerprint density at radius 2 is 2.21 bits per heavy atom. The zero-order valence-electron chi connectivity index (χ0n) is 14.0. The molecule has 0 radical (unpaired) electrons. The Kier molecular flexibility index (Phi) is 7.02. The zero-order valence-corrected chi connectivity index (χ0v) is 14.8. The van der Waals surface area contributed by atoms with E-state index >= 15 is 0 Å². The van der Waals surface area contributed by atoms with Gasteiger partial charge in [-0.3, -0.25) is 0 Å². The van der Waals surface area contributed by atoms with E-state index in [-0.39, 0.29) is 12.4 Å². The van der Waals surface area contributed by atoms with Gasteiger partial charge < -0.3 is 19.3 Å². The van der Waals surface area contributed by atoms with Gasteiger partial charge in [-0.15, -0.1) is 12.4 Å².